The van der Waals surface area contributed by atoms with Crippen LogP contribution < -0.4 is 25.8 Å². The molecule has 3 N–H and O–H groups in total. The number of carbonyl (C=O) groups excluding carboxylic acids is 1. The van der Waals surface area contributed by atoms with Crippen LogP contribution in [0, 0.1) is 0 Å². The summed E-state index contributed by atoms with van der Waals surface area (Å²) < 4.78 is 23.9. The first-order valence-electron chi connectivity index (χ1n) is 12.1. The highest BCUT2D eigenvalue weighted by Gasteiger charge is 2.36. The summed E-state index contributed by atoms with van der Waals surface area (Å²) in [6.45, 7) is 0.461. The van der Waals surface area contributed by atoms with E-state index in [1.807, 2.05) is 30.3 Å². The average molecular weight is 536 g/mol. The quantitative estimate of drug-likeness (QED) is 0.125. The van der Waals surface area contributed by atoms with Crippen LogP contribution in [0.1, 0.15) is 18.2 Å². The number of carbonyl (C=O) groups is 1. The van der Waals surface area contributed by atoms with E-state index in [9.17, 15) is 14.7 Å². The Morgan fingerprint density at radius 1 is 1.26 bits per heavy atom. The van der Waals surface area contributed by atoms with Gasteiger partial charge in [0.25, 0.3) is 0 Å². The number of anilines is 2. The van der Waals surface area contributed by atoms with Crippen LogP contribution in [0.2, 0.25) is 0 Å². The molecule has 0 aliphatic carbocycles. The van der Waals surface area contributed by atoms with Gasteiger partial charge in [-0.3, -0.25) is 4.57 Å². The molecule has 2 aliphatic heterocycles. The van der Waals surface area contributed by atoms with E-state index in [1.54, 1.807) is 18.2 Å². The number of aliphatic hydroxyl groups excluding tert-OH is 1. The minimum Gasteiger partial charge on any atom is -0.489 e. The zero-order valence-electron chi connectivity index (χ0n) is 20.6. The van der Waals surface area contributed by atoms with E-state index >= 15 is 0 Å². The van der Waals surface area contributed by atoms with Gasteiger partial charge in [-0.15, -0.1) is 0 Å². The van der Waals surface area contributed by atoms with Crippen LogP contribution in [0.15, 0.2) is 64.6 Å². The van der Waals surface area contributed by atoms with Crippen molar-refractivity contribution in [1.29, 1.82) is 0 Å². The Labute approximate surface area is 221 Å². The molecule has 2 aromatic carbocycles. The third-order valence-corrected chi connectivity index (χ3v) is 6.05. The second-order valence-electron chi connectivity index (χ2n) is 8.68. The number of amides is 1. The van der Waals surface area contributed by atoms with Crippen molar-refractivity contribution in [2.45, 2.75) is 31.5 Å². The van der Waals surface area contributed by atoms with Gasteiger partial charge in [0, 0.05) is 11.3 Å². The summed E-state index contributed by atoms with van der Waals surface area (Å²) in [6.07, 6.45) is -1.41. The summed E-state index contributed by atoms with van der Waals surface area (Å²) in [6, 6.07) is 14.5. The lowest BCUT2D eigenvalue weighted by Gasteiger charge is -2.24. The molecule has 3 aromatic rings. The Balaban J connectivity index is 1.18. The number of ether oxygens (including phenoxy) is 4. The first-order chi connectivity index (χ1) is 19.0. The molecule has 1 saturated heterocycles. The van der Waals surface area contributed by atoms with Crippen molar-refractivity contribution in [3.63, 3.8) is 0 Å². The number of azide groups is 1. The fraction of sp³-hybridized carbons (Fsp3) is 0.320. The van der Waals surface area contributed by atoms with E-state index < -0.39 is 30.2 Å². The predicted octanol–water partition coefficient (Wildman–Crippen LogP) is 3.36. The lowest BCUT2D eigenvalue weighted by atomic mass is 10.2. The molecule has 202 valence electrons. The lowest BCUT2D eigenvalue weighted by Crippen LogP contribution is -2.29. The molecule has 3 atom stereocenters. The van der Waals surface area contributed by atoms with Gasteiger partial charge in [-0.05, 0) is 23.2 Å². The molecule has 3 heterocycles. The van der Waals surface area contributed by atoms with Crippen molar-refractivity contribution in [3.8, 4) is 17.2 Å². The number of hydrogen-bond donors (Lipinski definition) is 3. The van der Waals surface area contributed by atoms with Gasteiger partial charge in [0.2, 0.25) is 0 Å². The smallest absolute Gasteiger partial charge is 0.407 e. The molecule has 0 bridgehead atoms. The van der Waals surface area contributed by atoms with E-state index in [0.717, 1.165) is 5.56 Å². The van der Waals surface area contributed by atoms with Crippen molar-refractivity contribution in [2.75, 3.05) is 25.0 Å². The van der Waals surface area contributed by atoms with Gasteiger partial charge < -0.3 is 34.7 Å². The maximum atomic E-state index is 12.8. The Morgan fingerprint density at radius 3 is 2.92 bits per heavy atom. The van der Waals surface area contributed by atoms with Crippen molar-refractivity contribution >= 4 is 17.6 Å². The molecule has 0 spiro atoms. The summed E-state index contributed by atoms with van der Waals surface area (Å²) in [5.74, 6) is 1.34. The standard InChI is InChI=1S/C25H25N7O7/c26-31-28-12-19-16(33)11-21(39-19)32-13-20-23(30-24(32)34)29-22-17(7-4-8-18(22)38-20)36-10-9-27-25(35)37-14-15-5-2-1-3-6-15/h1-8,13,16,19,21,33H,9-12,14H2,(H,27,35)(H,29,30,34)/t16-,19+,21+/m0/s1. The molecule has 1 amide bonds. The van der Waals surface area contributed by atoms with Crippen LogP contribution in [-0.4, -0.2) is 52.7 Å². The van der Waals surface area contributed by atoms with Gasteiger partial charge >= 0.3 is 11.8 Å². The summed E-state index contributed by atoms with van der Waals surface area (Å²) in [4.78, 5) is 31.4. The van der Waals surface area contributed by atoms with Crippen molar-refractivity contribution in [3.05, 3.63) is 81.2 Å². The second kappa shape index (κ2) is 11.7. The molecular weight excluding hydrogens is 510 g/mol. The van der Waals surface area contributed by atoms with E-state index in [4.69, 9.17) is 24.5 Å². The Kier molecular flexibility index (Phi) is 7.78. The van der Waals surface area contributed by atoms with Crippen LogP contribution in [0.5, 0.6) is 17.2 Å². The monoisotopic (exact) mass is 535 g/mol. The molecule has 14 nitrogen and oxygen atoms in total. The summed E-state index contributed by atoms with van der Waals surface area (Å²) >= 11 is 0. The minimum absolute atomic E-state index is 0.0557. The minimum atomic E-state index is -0.900. The van der Waals surface area contributed by atoms with E-state index in [1.165, 1.54) is 10.8 Å². The molecule has 14 heteroatoms. The molecule has 1 fully saturated rings. The third-order valence-electron chi connectivity index (χ3n) is 6.05. The summed E-state index contributed by atoms with van der Waals surface area (Å²) in [7, 11) is 0. The van der Waals surface area contributed by atoms with Crippen molar-refractivity contribution in [2.24, 2.45) is 5.11 Å². The number of benzene rings is 2. The number of hydrogen-bond acceptors (Lipinski definition) is 10. The first-order valence-corrected chi connectivity index (χ1v) is 12.1. The SMILES string of the molecule is [N-]=[N+]=NC[C@H]1O[C@@H](n2cc3c(nc2=O)Nc2c(OCCNC(=O)OCc4ccccc4)cccc2O3)C[C@@H]1O. The summed E-state index contributed by atoms with van der Waals surface area (Å²) in [5.41, 5.74) is 9.25. The van der Waals surface area contributed by atoms with Crippen LogP contribution in [-0.2, 0) is 16.1 Å². The van der Waals surface area contributed by atoms with Crippen LogP contribution in [0.4, 0.5) is 16.3 Å². The number of aromatic nitrogens is 2. The molecule has 0 unspecified atom stereocenters. The fourth-order valence-electron chi connectivity index (χ4n) is 4.15. The topological polar surface area (TPSA) is 182 Å². The first kappa shape index (κ1) is 25.9. The second-order valence-corrected chi connectivity index (χ2v) is 8.68. The van der Waals surface area contributed by atoms with Crippen LogP contribution in [0.3, 0.4) is 0 Å². The van der Waals surface area contributed by atoms with Crippen molar-refractivity contribution < 1.29 is 28.8 Å². The number of para-hydroxylation sites is 1. The molecule has 0 saturated carbocycles. The molecule has 39 heavy (non-hydrogen) atoms. The number of rotatable bonds is 9. The third kappa shape index (κ3) is 6.04. The molecular formula is C25H25N7O7. The number of fused-ring (bicyclic) bond motifs is 2. The van der Waals surface area contributed by atoms with Crippen molar-refractivity contribution in [1.82, 2.24) is 14.9 Å². The van der Waals surface area contributed by atoms with Gasteiger partial charge in [-0.25, -0.2) is 9.59 Å². The Hall–Kier alpha value is -4.78. The molecule has 1 aromatic heterocycles. The maximum absolute atomic E-state index is 12.8. The number of nitrogens with one attached hydrogen (secondary N) is 2. The average Bonchev–Trinajstić information content (AvgIpc) is 3.32. The zero-order valence-corrected chi connectivity index (χ0v) is 20.6. The molecule has 2 aliphatic rings. The predicted molar refractivity (Wildman–Crippen MR) is 137 cm³/mol. The highest BCUT2D eigenvalue weighted by atomic mass is 16.6. The number of aliphatic hydroxyl groups is 1. The Bertz CT molecular complexity index is 1440. The highest BCUT2D eigenvalue weighted by molar-refractivity contribution is 5.77. The normalized spacial score (nSPS) is 18.9. The molecule has 5 rings (SSSR count). The Morgan fingerprint density at radius 2 is 2.10 bits per heavy atom. The van der Waals surface area contributed by atoms with E-state index in [-0.39, 0.29) is 44.3 Å². The van der Waals surface area contributed by atoms with E-state index in [0.29, 0.717) is 17.2 Å². The van der Waals surface area contributed by atoms with Crippen LogP contribution in [0.25, 0.3) is 10.4 Å². The van der Waals surface area contributed by atoms with Gasteiger partial charge in [0.15, 0.2) is 17.3 Å². The number of alkyl carbamates (subject to hydrolysis) is 1. The van der Waals surface area contributed by atoms with Crippen LogP contribution >= 0.6 is 0 Å². The fourth-order valence-corrected chi connectivity index (χ4v) is 4.15. The van der Waals surface area contributed by atoms with E-state index in [2.05, 4.69) is 25.6 Å². The molecule has 0 radical (unpaired) electrons. The largest absolute Gasteiger partial charge is 0.489 e. The number of nitrogens with zero attached hydrogens (tertiary/aromatic N) is 5. The summed E-state index contributed by atoms with van der Waals surface area (Å²) in [5, 5.41) is 19.3. The highest BCUT2D eigenvalue weighted by Crippen LogP contribution is 2.45. The van der Waals surface area contributed by atoms with Gasteiger partial charge in [0.05, 0.1) is 31.5 Å². The van der Waals surface area contributed by atoms with Gasteiger partial charge in [-0.1, -0.05) is 41.5 Å². The van der Waals surface area contributed by atoms with Gasteiger partial charge in [0.1, 0.15) is 30.9 Å². The lowest BCUT2D eigenvalue weighted by molar-refractivity contribution is -0.0152. The van der Waals surface area contributed by atoms with Gasteiger partial charge in [-0.2, -0.15) is 4.98 Å². The zero-order chi connectivity index (χ0) is 27.2. The maximum Gasteiger partial charge on any atom is 0.407 e.